The Morgan fingerprint density at radius 2 is 1.75 bits per heavy atom. The summed E-state index contributed by atoms with van der Waals surface area (Å²) in [6.45, 7) is 4.99. The highest BCUT2D eigenvalue weighted by Crippen LogP contribution is 2.25. The Morgan fingerprint density at radius 3 is 2.43 bits per heavy atom. The molecule has 5 nitrogen and oxygen atoms in total. The largest absolute Gasteiger partial charge is 0.491 e. The molecule has 148 valence electrons. The number of hydrogen-bond donors (Lipinski definition) is 0. The van der Waals surface area contributed by atoms with Crippen LogP contribution in [0.3, 0.4) is 0 Å². The number of benzene rings is 1. The molecule has 0 aliphatic carbocycles. The molecule has 1 unspecified atom stereocenters. The van der Waals surface area contributed by atoms with Gasteiger partial charge < -0.3 is 14.5 Å². The topological polar surface area (TPSA) is 49.9 Å². The fraction of sp³-hybridized carbons (Fsp3) is 0.455. The molecule has 1 atom stereocenters. The number of hydrogen-bond acceptors (Lipinski definition) is 4. The van der Waals surface area contributed by atoms with Gasteiger partial charge in [-0.2, -0.15) is 0 Å². The van der Waals surface area contributed by atoms with E-state index in [9.17, 15) is 9.59 Å². The highest BCUT2D eigenvalue weighted by atomic mass is 32.1. The quantitative estimate of drug-likeness (QED) is 0.766. The summed E-state index contributed by atoms with van der Waals surface area (Å²) in [7, 11) is 0. The van der Waals surface area contributed by atoms with Crippen molar-refractivity contribution in [3.8, 4) is 5.75 Å². The molecule has 3 heterocycles. The van der Waals surface area contributed by atoms with E-state index in [-0.39, 0.29) is 17.9 Å². The second kappa shape index (κ2) is 8.35. The molecular weight excluding hydrogens is 372 g/mol. The van der Waals surface area contributed by atoms with Crippen LogP contribution in [0.2, 0.25) is 0 Å². The van der Waals surface area contributed by atoms with Gasteiger partial charge in [-0.3, -0.25) is 9.59 Å². The lowest BCUT2D eigenvalue weighted by atomic mass is 10.2. The molecule has 1 aromatic carbocycles. The van der Waals surface area contributed by atoms with E-state index < -0.39 is 0 Å². The van der Waals surface area contributed by atoms with E-state index in [1.54, 1.807) is 11.3 Å². The van der Waals surface area contributed by atoms with Gasteiger partial charge in [-0.05, 0) is 69.0 Å². The molecular formula is C22H26N2O3S. The lowest BCUT2D eigenvalue weighted by Gasteiger charge is -2.24. The van der Waals surface area contributed by atoms with Crippen LogP contribution in [0.15, 0.2) is 36.4 Å². The molecule has 0 N–H and O–H groups in total. The van der Waals surface area contributed by atoms with Crippen LogP contribution < -0.4 is 4.74 Å². The SMILES string of the molecule is Cc1ccc(C(=O)N2CCCC2COc2ccc(C(=O)N3CCCC3)cc2)s1. The fourth-order valence-electron chi connectivity index (χ4n) is 3.96. The molecule has 0 spiro atoms. The van der Waals surface area contributed by atoms with Gasteiger partial charge in [0.05, 0.1) is 10.9 Å². The third-order valence-electron chi connectivity index (χ3n) is 5.53. The summed E-state index contributed by atoms with van der Waals surface area (Å²) in [6.07, 6.45) is 4.15. The predicted molar refractivity (Wildman–Crippen MR) is 110 cm³/mol. The Kier molecular flexibility index (Phi) is 5.67. The molecule has 2 saturated heterocycles. The summed E-state index contributed by atoms with van der Waals surface area (Å²) in [6, 6.07) is 11.4. The van der Waals surface area contributed by atoms with E-state index in [0.29, 0.717) is 12.2 Å². The van der Waals surface area contributed by atoms with Gasteiger partial charge in [0.15, 0.2) is 0 Å². The maximum atomic E-state index is 12.8. The first-order valence-corrected chi connectivity index (χ1v) is 10.8. The number of carbonyl (C=O) groups excluding carboxylic acids is 2. The summed E-state index contributed by atoms with van der Waals surface area (Å²) in [5, 5.41) is 0. The third-order valence-corrected chi connectivity index (χ3v) is 6.51. The number of nitrogens with zero attached hydrogens (tertiary/aromatic N) is 2. The van der Waals surface area contributed by atoms with Gasteiger partial charge in [-0.15, -0.1) is 11.3 Å². The molecule has 2 aliphatic heterocycles. The number of amides is 2. The third kappa shape index (κ3) is 4.07. The molecule has 28 heavy (non-hydrogen) atoms. The fourth-order valence-corrected chi connectivity index (χ4v) is 4.78. The zero-order chi connectivity index (χ0) is 19.5. The zero-order valence-corrected chi connectivity index (χ0v) is 17.0. The van der Waals surface area contributed by atoms with Gasteiger partial charge in [0.25, 0.3) is 11.8 Å². The van der Waals surface area contributed by atoms with Crippen molar-refractivity contribution in [1.82, 2.24) is 9.80 Å². The maximum Gasteiger partial charge on any atom is 0.264 e. The monoisotopic (exact) mass is 398 g/mol. The standard InChI is InChI=1S/C22H26N2O3S/c1-16-6-11-20(28-16)22(26)24-14-4-5-18(24)15-27-19-9-7-17(8-10-19)21(25)23-12-2-3-13-23/h6-11,18H,2-5,12-15H2,1H3. The van der Waals surface area contributed by atoms with Crippen LogP contribution in [0, 0.1) is 6.92 Å². The van der Waals surface area contributed by atoms with Crippen LogP contribution >= 0.6 is 11.3 Å². The first-order valence-electron chi connectivity index (χ1n) is 10.0. The van der Waals surface area contributed by atoms with Gasteiger partial charge in [0, 0.05) is 30.1 Å². The molecule has 2 aromatic rings. The summed E-state index contributed by atoms with van der Waals surface area (Å²) < 4.78 is 5.96. The number of rotatable bonds is 5. The second-order valence-corrected chi connectivity index (χ2v) is 8.83. The Labute approximate surface area is 169 Å². The van der Waals surface area contributed by atoms with E-state index in [1.807, 2.05) is 53.1 Å². The smallest absolute Gasteiger partial charge is 0.264 e. The van der Waals surface area contributed by atoms with Crippen LogP contribution in [0.5, 0.6) is 5.75 Å². The number of carbonyl (C=O) groups is 2. The lowest BCUT2D eigenvalue weighted by Crippen LogP contribution is -2.38. The van der Waals surface area contributed by atoms with Crippen molar-refractivity contribution in [1.29, 1.82) is 0 Å². The average molecular weight is 399 g/mol. The Morgan fingerprint density at radius 1 is 1.00 bits per heavy atom. The molecule has 2 aliphatic rings. The summed E-state index contributed by atoms with van der Waals surface area (Å²) >= 11 is 1.55. The van der Waals surface area contributed by atoms with E-state index in [0.717, 1.165) is 60.8 Å². The number of likely N-dealkylation sites (tertiary alicyclic amines) is 2. The molecule has 6 heteroatoms. The molecule has 2 fully saturated rings. The van der Waals surface area contributed by atoms with Crippen molar-refractivity contribution in [2.45, 2.75) is 38.6 Å². The molecule has 0 radical (unpaired) electrons. The summed E-state index contributed by atoms with van der Waals surface area (Å²) in [5.41, 5.74) is 0.708. The molecule has 4 rings (SSSR count). The van der Waals surface area contributed by atoms with E-state index in [2.05, 4.69) is 0 Å². The predicted octanol–water partition coefficient (Wildman–Crippen LogP) is 3.98. The summed E-state index contributed by atoms with van der Waals surface area (Å²) in [5.74, 6) is 0.947. The highest BCUT2D eigenvalue weighted by Gasteiger charge is 2.30. The molecule has 0 bridgehead atoms. The lowest BCUT2D eigenvalue weighted by molar-refractivity contribution is 0.0695. The van der Waals surface area contributed by atoms with E-state index in [4.69, 9.17) is 4.74 Å². The van der Waals surface area contributed by atoms with Gasteiger partial charge in [0.2, 0.25) is 0 Å². The average Bonchev–Trinajstić information content (AvgIpc) is 3.47. The van der Waals surface area contributed by atoms with Gasteiger partial charge in [-0.1, -0.05) is 0 Å². The molecule has 1 aromatic heterocycles. The van der Waals surface area contributed by atoms with E-state index in [1.165, 1.54) is 0 Å². The highest BCUT2D eigenvalue weighted by molar-refractivity contribution is 7.13. The van der Waals surface area contributed by atoms with Gasteiger partial charge in [-0.25, -0.2) is 0 Å². The Hall–Kier alpha value is -2.34. The van der Waals surface area contributed by atoms with Crippen LogP contribution in [0.25, 0.3) is 0 Å². The molecule has 0 saturated carbocycles. The van der Waals surface area contributed by atoms with E-state index >= 15 is 0 Å². The molecule has 2 amide bonds. The Bertz CT molecular complexity index is 840. The number of thiophene rings is 1. The first-order chi connectivity index (χ1) is 13.6. The van der Waals surface area contributed by atoms with Crippen molar-refractivity contribution >= 4 is 23.2 Å². The zero-order valence-electron chi connectivity index (χ0n) is 16.2. The minimum atomic E-state index is 0.0980. The van der Waals surface area contributed by atoms with Crippen molar-refractivity contribution in [3.63, 3.8) is 0 Å². The van der Waals surface area contributed by atoms with Crippen LogP contribution in [0.1, 0.15) is 50.6 Å². The van der Waals surface area contributed by atoms with Gasteiger partial charge >= 0.3 is 0 Å². The van der Waals surface area contributed by atoms with Crippen molar-refractivity contribution in [3.05, 3.63) is 51.7 Å². The normalized spacial score (nSPS) is 19.2. The van der Waals surface area contributed by atoms with Crippen molar-refractivity contribution in [2.24, 2.45) is 0 Å². The number of ether oxygens (including phenoxy) is 1. The van der Waals surface area contributed by atoms with Crippen LogP contribution in [-0.4, -0.2) is 53.9 Å². The minimum Gasteiger partial charge on any atom is -0.491 e. The number of aryl methyl sites for hydroxylation is 1. The summed E-state index contributed by atoms with van der Waals surface area (Å²) in [4.78, 5) is 31.0. The van der Waals surface area contributed by atoms with Crippen LogP contribution in [0.4, 0.5) is 0 Å². The van der Waals surface area contributed by atoms with Crippen molar-refractivity contribution in [2.75, 3.05) is 26.2 Å². The maximum absolute atomic E-state index is 12.8. The first kappa shape index (κ1) is 19.0. The van der Waals surface area contributed by atoms with Gasteiger partial charge in [0.1, 0.15) is 12.4 Å². The Balaban J connectivity index is 1.34. The van der Waals surface area contributed by atoms with Crippen LogP contribution in [-0.2, 0) is 0 Å². The van der Waals surface area contributed by atoms with Crippen molar-refractivity contribution < 1.29 is 14.3 Å². The minimum absolute atomic E-state index is 0.0980. The second-order valence-electron chi connectivity index (χ2n) is 7.54.